The summed E-state index contributed by atoms with van der Waals surface area (Å²) < 4.78 is 22.0. The molecule has 144 valence electrons. The lowest BCUT2D eigenvalue weighted by molar-refractivity contribution is 0.228. The van der Waals surface area contributed by atoms with Gasteiger partial charge in [-0.3, -0.25) is 14.8 Å². The number of aryl methyl sites for hydroxylation is 1. The van der Waals surface area contributed by atoms with Crippen LogP contribution in [-0.2, 0) is 7.05 Å². The fraction of sp³-hybridized carbons (Fsp3) is 0.136. The Morgan fingerprint density at radius 3 is 2.86 bits per heavy atom. The third-order valence-electron chi connectivity index (χ3n) is 4.98. The SMILES string of the molecule is CC(Oc1ccc2[nH]nc(-c3cnn(C)c3)c2c1)c1cc(F)cc2ncccc12. The molecule has 0 saturated carbocycles. The molecule has 0 saturated heterocycles. The fourth-order valence-electron chi connectivity index (χ4n) is 3.61. The molecule has 3 heterocycles. The second-order valence-corrected chi connectivity index (χ2v) is 7.01. The highest BCUT2D eigenvalue weighted by Crippen LogP contribution is 2.32. The monoisotopic (exact) mass is 387 g/mol. The Hall–Kier alpha value is -3.74. The number of fused-ring (bicyclic) bond motifs is 2. The predicted molar refractivity (Wildman–Crippen MR) is 109 cm³/mol. The molecule has 0 amide bonds. The van der Waals surface area contributed by atoms with E-state index in [1.807, 2.05) is 50.5 Å². The van der Waals surface area contributed by atoms with Crippen molar-refractivity contribution in [1.82, 2.24) is 25.0 Å². The van der Waals surface area contributed by atoms with Crippen molar-refractivity contribution in [3.05, 3.63) is 72.4 Å². The van der Waals surface area contributed by atoms with E-state index in [0.29, 0.717) is 11.3 Å². The number of halogens is 1. The number of ether oxygens (including phenoxy) is 1. The van der Waals surface area contributed by atoms with Crippen LogP contribution >= 0.6 is 0 Å². The van der Waals surface area contributed by atoms with Crippen LogP contribution in [0.2, 0.25) is 0 Å². The fourth-order valence-corrected chi connectivity index (χ4v) is 3.61. The first-order chi connectivity index (χ1) is 14.1. The summed E-state index contributed by atoms with van der Waals surface area (Å²) in [5.41, 5.74) is 4.01. The van der Waals surface area contributed by atoms with E-state index < -0.39 is 0 Å². The number of rotatable bonds is 4. The Morgan fingerprint density at radius 1 is 1.14 bits per heavy atom. The molecule has 5 aromatic rings. The molecule has 0 aliphatic heterocycles. The van der Waals surface area contributed by atoms with Gasteiger partial charge in [0.05, 0.1) is 17.2 Å². The Kier molecular flexibility index (Phi) is 4.01. The Bertz CT molecular complexity index is 1340. The summed E-state index contributed by atoms with van der Waals surface area (Å²) in [6.45, 7) is 1.91. The molecule has 1 N–H and O–H groups in total. The highest BCUT2D eigenvalue weighted by atomic mass is 19.1. The summed E-state index contributed by atoms with van der Waals surface area (Å²) in [4.78, 5) is 4.26. The van der Waals surface area contributed by atoms with E-state index in [2.05, 4.69) is 20.3 Å². The number of benzene rings is 2. The van der Waals surface area contributed by atoms with E-state index in [4.69, 9.17) is 4.74 Å². The maximum atomic E-state index is 14.1. The molecule has 7 heteroatoms. The average molecular weight is 387 g/mol. The largest absolute Gasteiger partial charge is 0.486 e. The summed E-state index contributed by atoms with van der Waals surface area (Å²) in [7, 11) is 1.87. The van der Waals surface area contributed by atoms with Crippen molar-refractivity contribution in [3.63, 3.8) is 0 Å². The van der Waals surface area contributed by atoms with Gasteiger partial charge in [-0.25, -0.2) is 4.39 Å². The lowest BCUT2D eigenvalue weighted by atomic mass is 10.0. The van der Waals surface area contributed by atoms with Crippen molar-refractivity contribution in [2.75, 3.05) is 0 Å². The second kappa shape index (κ2) is 6.70. The molecule has 0 spiro atoms. The van der Waals surface area contributed by atoms with Crippen LogP contribution in [0.1, 0.15) is 18.6 Å². The van der Waals surface area contributed by atoms with E-state index in [9.17, 15) is 4.39 Å². The first-order valence-electron chi connectivity index (χ1n) is 9.26. The highest BCUT2D eigenvalue weighted by Gasteiger charge is 2.16. The number of pyridine rings is 1. The number of hydrogen-bond acceptors (Lipinski definition) is 4. The minimum Gasteiger partial charge on any atom is -0.486 e. The minimum absolute atomic E-state index is 0.328. The third kappa shape index (κ3) is 3.10. The van der Waals surface area contributed by atoms with Gasteiger partial charge in [0.1, 0.15) is 23.4 Å². The first kappa shape index (κ1) is 17.4. The van der Waals surface area contributed by atoms with E-state index >= 15 is 0 Å². The first-order valence-corrected chi connectivity index (χ1v) is 9.26. The van der Waals surface area contributed by atoms with Crippen molar-refractivity contribution in [3.8, 4) is 17.0 Å². The number of H-pyrrole nitrogens is 1. The number of aromatic nitrogens is 5. The van der Waals surface area contributed by atoms with Gasteiger partial charge >= 0.3 is 0 Å². The summed E-state index contributed by atoms with van der Waals surface area (Å²) in [5.74, 6) is 0.351. The lowest BCUT2D eigenvalue weighted by Crippen LogP contribution is -2.05. The third-order valence-corrected chi connectivity index (χ3v) is 4.98. The van der Waals surface area contributed by atoms with Crippen LogP contribution in [0.3, 0.4) is 0 Å². The summed E-state index contributed by atoms with van der Waals surface area (Å²) in [5, 5.41) is 13.5. The summed E-state index contributed by atoms with van der Waals surface area (Å²) in [6.07, 6.45) is 4.99. The smallest absolute Gasteiger partial charge is 0.125 e. The van der Waals surface area contributed by atoms with Crippen LogP contribution in [0.5, 0.6) is 5.75 Å². The van der Waals surface area contributed by atoms with Crippen molar-refractivity contribution < 1.29 is 9.13 Å². The molecule has 0 aliphatic rings. The van der Waals surface area contributed by atoms with E-state index in [0.717, 1.165) is 33.1 Å². The molecule has 29 heavy (non-hydrogen) atoms. The molecule has 0 fully saturated rings. The molecule has 0 radical (unpaired) electrons. The maximum Gasteiger partial charge on any atom is 0.125 e. The van der Waals surface area contributed by atoms with Gasteiger partial charge in [-0.2, -0.15) is 10.2 Å². The minimum atomic E-state index is -0.358. The lowest BCUT2D eigenvalue weighted by Gasteiger charge is -2.17. The van der Waals surface area contributed by atoms with Crippen LogP contribution < -0.4 is 4.74 Å². The quantitative estimate of drug-likeness (QED) is 0.481. The molecule has 3 aromatic heterocycles. The number of nitrogens with zero attached hydrogens (tertiary/aromatic N) is 4. The van der Waals surface area contributed by atoms with Crippen LogP contribution in [0.25, 0.3) is 33.1 Å². The van der Waals surface area contributed by atoms with Gasteiger partial charge in [0.2, 0.25) is 0 Å². The molecule has 5 rings (SSSR count). The molecular formula is C22H18FN5O. The number of hydrogen-bond donors (Lipinski definition) is 1. The molecule has 2 aromatic carbocycles. The topological polar surface area (TPSA) is 68.6 Å². The van der Waals surface area contributed by atoms with Gasteiger partial charge in [0.15, 0.2) is 0 Å². The zero-order valence-electron chi connectivity index (χ0n) is 15.9. The Balaban J connectivity index is 1.52. The van der Waals surface area contributed by atoms with Gasteiger partial charge in [-0.1, -0.05) is 6.07 Å². The zero-order chi connectivity index (χ0) is 20.0. The van der Waals surface area contributed by atoms with E-state index in [1.165, 1.54) is 12.1 Å². The highest BCUT2D eigenvalue weighted by molar-refractivity contribution is 5.93. The second-order valence-electron chi connectivity index (χ2n) is 7.01. The van der Waals surface area contributed by atoms with Gasteiger partial charge < -0.3 is 4.74 Å². The van der Waals surface area contributed by atoms with E-state index in [1.54, 1.807) is 17.1 Å². The maximum absolute atomic E-state index is 14.1. The van der Waals surface area contributed by atoms with Gasteiger partial charge in [0.25, 0.3) is 0 Å². The number of aromatic amines is 1. The molecule has 1 atom stereocenters. The van der Waals surface area contributed by atoms with E-state index in [-0.39, 0.29) is 11.9 Å². The molecule has 1 unspecified atom stereocenters. The average Bonchev–Trinajstić information content (AvgIpc) is 3.32. The van der Waals surface area contributed by atoms with Crippen LogP contribution in [-0.4, -0.2) is 25.0 Å². The summed E-state index contributed by atoms with van der Waals surface area (Å²) in [6, 6.07) is 12.5. The van der Waals surface area contributed by atoms with Crippen molar-refractivity contribution in [2.45, 2.75) is 13.0 Å². The Labute approximate surface area is 166 Å². The number of nitrogens with one attached hydrogen (secondary N) is 1. The van der Waals surface area contributed by atoms with Crippen molar-refractivity contribution in [1.29, 1.82) is 0 Å². The summed E-state index contributed by atoms with van der Waals surface area (Å²) >= 11 is 0. The van der Waals surface area contributed by atoms with Crippen LogP contribution in [0.4, 0.5) is 4.39 Å². The Morgan fingerprint density at radius 2 is 2.03 bits per heavy atom. The van der Waals surface area contributed by atoms with Crippen molar-refractivity contribution >= 4 is 21.8 Å². The zero-order valence-corrected chi connectivity index (χ0v) is 15.9. The van der Waals surface area contributed by atoms with Gasteiger partial charge in [0, 0.05) is 47.4 Å². The normalized spacial score (nSPS) is 12.5. The van der Waals surface area contributed by atoms with Gasteiger partial charge in [-0.15, -0.1) is 0 Å². The molecule has 0 bridgehead atoms. The van der Waals surface area contributed by atoms with Crippen LogP contribution in [0.15, 0.2) is 61.1 Å². The molecule has 0 aliphatic carbocycles. The van der Waals surface area contributed by atoms with Gasteiger partial charge in [-0.05, 0) is 37.3 Å². The molecule has 6 nitrogen and oxygen atoms in total. The van der Waals surface area contributed by atoms with Crippen LogP contribution in [0, 0.1) is 5.82 Å². The predicted octanol–water partition coefficient (Wildman–Crippen LogP) is 4.79. The standard InChI is InChI=1S/C22H18FN5O/c1-13(18-8-15(23)9-21-17(18)4-3-7-24-21)29-16-5-6-20-19(10-16)22(27-26-20)14-11-25-28(2)12-14/h3-13H,1-2H3,(H,26,27). The molecular weight excluding hydrogens is 369 g/mol. The van der Waals surface area contributed by atoms with Crippen molar-refractivity contribution in [2.24, 2.45) is 7.05 Å².